The fourth-order valence-electron chi connectivity index (χ4n) is 4.37. The smallest absolute Gasteiger partial charge is 0.341 e. The van der Waals surface area contributed by atoms with E-state index < -0.39 is 40.3 Å². The number of nitrogens with one attached hydrogen (secondary N) is 1. The van der Waals surface area contributed by atoms with Gasteiger partial charge in [-0.25, -0.2) is 4.39 Å². The maximum absolute atomic E-state index is 14.6. The number of nitrogens with zero attached hydrogens (tertiary/aromatic N) is 1. The maximum atomic E-state index is 14.6. The molecule has 3 aromatic rings. The van der Waals surface area contributed by atoms with Crippen LogP contribution in [0.1, 0.15) is 37.4 Å². The van der Waals surface area contributed by atoms with Gasteiger partial charge in [0.1, 0.15) is 0 Å². The molecule has 0 heterocycles. The van der Waals surface area contributed by atoms with Gasteiger partial charge in [0.15, 0.2) is 0 Å². The highest BCUT2D eigenvalue weighted by atomic mass is 32.2. The first kappa shape index (κ1) is 32.8. The van der Waals surface area contributed by atoms with Crippen LogP contribution in [-0.4, -0.2) is 58.9 Å². The van der Waals surface area contributed by atoms with Crippen LogP contribution in [0.3, 0.4) is 0 Å². The average Bonchev–Trinajstić information content (AvgIpc) is 2.91. The largest absolute Gasteiger partial charge is 0.435 e. The van der Waals surface area contributed by atoms with Crippen LogP contribution in [0.15, 0.2) is 60.7 Å². The van der Waals surface area contributed by atoms with E-state index in [1.165, 1.54) is 17.2 Å². The van der Waals surface area contributed by atoms with E-state index in [9.17, 15) is 44.5 Å². The zero-order valence-corrected chi connectivity index (χ0v) is 23.7. The predicted molar refractivity (Wildman–Crippen MR) is 147 cm³/mol. The van der Waals surface area contributed by atoms with Gasteiger partial charge < -0.3 is 10.2 Å². The summed E-state index contributed by atoms with van der Waals surface area (Å²) in [4.78, 5) is 27.6. The Morgan fingerprint density at radius 3 is 1.98 bits per heavy atom. The summed E-state index contributed by atoms with van der Waals surface area (Å²) < 4.78 is 106. The van der Waals surface area contributed by atoms with Gasteiger partial charge in [0.05, 0.1) is 0 Å². The second kappa shape index (κ2) is 12.2. The Morgan fingerprint density at radius 2 is 1.43 bits per heavy atom. The van der Waals surface area contributed by atoms with E-state index in [-0.39, 0.29) is 34.8 Å². The van der Waals surface area contributed by atoms with Crippen molar-refractivity contribution in [2.24, 2.45) is 0 Å². The highest BCUT2D eigenvalue weighted by Gasteiger charge is 2.73. The molecule has 0 spiro atoms. The second-order valence-corrected chi connectivity index (χ2v) is 11.3. The highest BCUT2D eigenvalue weighted by molar-refractivity contribution is 7.84. The summed E-state index contributed by atoms with van der Waals surface area (Å²) in [6.45, 7) is 2.58. The Kier molecular flexibility index (Phi) is 9.55. The first-order chi connectivity index (χ1) is 19.4. The lowest BCUT2D eigenvalue weighted by atomic mass is 9.90. The molecule has 0 bridgehead atoms. The summed E-state index contributed by atoms with van der Waals surface area (Å²) >= 11 is 0. The summed E-state index contributed by atoms with van der Waals surface area (Å²) in [5.74, 6) is -0.775. The van der Waals surface area contributed by atoms with Gasteiger partial charge in [-0.2, -0.15) is 26.3 Å². The number of benzene rings is 3. The van der Waals surface area contributed by atoms with E-state index in [1.54, 1.807) is 49.5 Å². The first-order valence-electron chi connectivity index (χ1n) is 12.4. The molecule has 0 radical (unpaired) electrons. The van der Waals surface area contributed by atoms with E-state index in [1.807, 2.05) is 0 Å². The Balaban J connectivity index is 1.96. The molecular weight excluding hydrogens is 589 g/mol. The fourth-order valence-corrected chi connectivity index (χ4v) is 4.90. The molecule has 0 aliphatic heterocycles. The molecule has 0 fully saturated rings. The minimum Gasteiger partial charge on any atom is -0.341 e. The standard InChI is InChI=1S/C29H27F7N2O3S/c1-17-14-21(27(30,28(31,32)33)29(34,35)36)15-18(2)24(17)37-25(39)23-11-6-5-10-22(23)19-8-7-9-20(16-19)26(40)38(3)12-13-42(4)41/h5-11,14-16H,12-13H2,1-4H3,(H,37,39). The number of hydrogen-bond acceptors (Lipinski definition) is 3. The summed E-state index contributed by atoms with van der Waals surface area (Å²) in [6.07, 6.45) is -11.0. The molecule has 0 saturated carbocycles. The molecule has 13 heteroatoms. The van der Waals surface area contributed by atoms with Crippen molar-refractivity contribution >= 4 is 28.3 Å². The van der Waals surface area contributed by atoms with E-state index in [0.29, 0.717) is 34.6 Å². The first-order valence-corrected chi connectivity index (χ1v) is 14.1. The normalized spacial score (nSPS) is 13.0. The van der Waals surface area contributed by atoms with Gasteiger partial charge in [-0.1, -0.05) is 42.5 Å². The molecule has 1 unspecified atom stereocenters. The van der Waals surface area contributed by atoms with Gasteiger partial charge in [-0.05, 0) is 54.3 Å². The number of halogens is 7. The van der Waals surface area contributed by atoms with Crippen LogP contribution in [0, 0.1) is 13.8 Å². The van der Waals surface area contributed by atoms with E-state index in [0.717, 1.165) is 13.8 Å². The molecule has 42 heavy (non-hydrogen) atoms. The number of carbonyl (C=O) groups excluding carboxylic acids is 2. The van der Waals surface area contributed by atoms with Crippen molar-refractivity contribution < 1.29 is 44.5 Å². The van der Waals surface area contributed by atoms with Crippen LogP contribution in [-0.2, 0) is 16.5 Å². The summed E-state index contributed by atoms with van der Waals surface area (Å²) in [7, 11) is 0.472. The van der Waals surface area contributed by atoms with Crippen molar-refractivity contribution in [2.45, 2.75) is 31.9 Å². The number of amides is 2. The number of anilines is 1. The monoisotopic (exact) mass is 616 g/mol. The van der Waals surface area contributed by atoms with Crippen LogP contribution >= 0.6 is 0 Å². The fraction of sp³-hybridized carbons (Fsp3) is 0.310. The summed E-state index contributed by atoms with van der Waals surface area (Å²) in [6, 6.07) is 13.5. The lowest BCUT2D eigenvalue weighted by Crippen LogP contribution is -2.50. The van der Waals surface area contributed by atoms with Crippen LogP contribution < -0.4 is 5.32 Å². The van der Waals surface area contributed by atoms with E-state index >= 15 is 0 Å². The van der Waals surface area contributed by atoms with Crippen molar-refractivity contribution in [3.63, 3.8) is 0 Å². The zero-order chi connectivity index (χ0) is 31.6. The number of aryl methyl sites for hydroxylation is 2. The Hall–Kier alpha value is -3.74. The van der Waals surface area contributed by atoms with Gasteiger partial charge in [0.2, 0.25) is 0 Å². The third-order valence-corrected chi connectivity index (χ3v) is 7.36. The van der Waals surface area contributed by atoms with Gasteiger partial charge in [-0.15, -0.1) is 0 Å². The van der Waals surface area contributed by atoms with Gasteiger partial charge >= 0.3 is 18.0 Å². The van der Waals surface area contributed by atoms with Crippen LogP contribution in [0.25, 0.3) is 11.1 Å². The molecule has 0 aliphatic carbocycles. The number of alkyl halides is 7. The number of carbonyl (C=O) groups is 2. The van der Waals surface area contributed by atoms with E-state index in [4.69, 9.17) is 0 Å². The minimum atomic E-state index is -6.27. The van der Waals surface area contributed by atoms with Gasteiger partial charge in [0, 0.05) is 58.8 Å². The Morgan fingerprint density at radius 1 is 0.857 bits per heavy atom. The molecule has 2 amide bonds. The predicted octanol–water partition coefficient (Wildman–Crippen LogP) is 6.96. The quantitative estimate of drug-likeness (QED) is 0.278. The Labute approximate surface area is 240 Å². The maximum Gasteiger partial charge on any atom is 0.435 e. The molecule has 1 N–H and O–H groups in total. The molecule has 3 aromatic carbocycles. The summed E-state index contributed by atoms with van der Waals surface area (Å²) in [5, 5.41) is 2.52. The molecule has 3 rings (SSSR count). The van der Waals surface area contributed by atoms with Crippen LogP contribution in [0.4, 0.5) is 36.4 Å². The lowest BCUT2D eigenvalue weighted by Gasteiger charge is -2.31. The van der Waals surface area contributed by atoms with Gasteiger partial charge in [0.25, 0.3) is 11.8 Å². The molecule has 0 aromatic heterocycles. The summed E-state index contributed by atoms with van der Waals surface area (Å²) in [5.41, 5.74) is -6.47. The molecule has 5 nitrogen and oxygen atoms in total. The molecule has 0 saturated heterocycles. The van der Waals surface area contributed by atoms with Crippen molar-refractivity contribution in [1.82, 2.24) is 4.90 Å². The SMILES string of the molecule is Cc1cc(C(F)(C(F)(F)F)C(F)(F)F)cc(C)c1NC(=O)c1ccccc1-c1cccc(C(=O)N(C)CCS(C)=O)c1. The zero-order valence-electron chi connectivity index (χ0n) is 22.9. The topological polar surface area (TPSA) is 66.5 Å². The van der Waals surface area contributed by atoms with Gasteiger partial charge in [-0.3, -0.25) is 13.8 Å². The Bertz CT molecular complexity index is 1480. The third kappa shape index (κ3) is 6.66. The van der Waals surface area contributed by atoms with Crippen molar-refractivity contribution in [3.8, 4) is 11.1 Å². The third-order valence-electron chi connectivity index (χ3n) is 6.60. The minimum absolute atomic E-state index is 0.0795. The van der Waals surface area contributed by atoms with Crippen LogP contribution in [0.2, 0.25) is 0 Å². The van der Waals surface area contributed by atoms with Crippen molar-refractivity contribution in [2.75, 3.05) is 30.9 Å². The molecule has 1 atom stereocenters. The molecular formula is C29H27F7N2O3S. The highest BCUT2D eigenvalue weighted by Crippen LogP contribution is 2.53. The lowest BCUT2D eigenvalue weighted by molar-refractivity contribution is -0.348. The van der Waals surface area contributed by atoms with Crippen molar-refractivity contribution in [1.29, 1.82) is 0 Å². The number of hydrogen-bond donors (Lipinski definition) is 1. The second-order valence-electron chi connectivity index (χ2n) is 9.72. The average molecular weight is 617 g/mol. The van der Waals surface area contributed by atoms with E-state index in [2.05, 4.69) is 5.32 Å². The van der Waals surface area contributed by atoms with Crippen molar-refractivity contribution in [3.05, 3.63) is 88.5 Å². The molecule has 0 aliphatic rings. The number of rotatable bonds is 8. The van der Waals surface area contributed by atoms with Crippen LogP contribution in [0.5, 0.6) is 0 Å². The molecule has 226 valence electrons.